The van der Waals surface area contributed by atoms with Crippen LogP contribution in [0.25, 0.3) is 28.9 Å². The van der Waals surface area contributed by atoms with E-state index in [1.54, 1.807) is 37.6 Å². The zero-order valence-corrected chi connectivity index (χ0v) is 26.7. The summed E-state index contributed by atoms with van der Waals surface area (Å²) in [6.45, 7) is 1.48. The molecule has 10 nitrogen and oxygen atoms in total. The van der Waals surface area contributed by atoms with Crippen molar-refractivity contribution in [1.82, 2.24) is 24.3 Å². The highest BCUT2D eigenvalue weighted by molar-refractivity contribution is 6.04. The molecule has 0 saturated carbocycles. The van der Waals surface area contributed by atoms with E-state index in [1.807, 2.05) is 51.8 Å². The summed E-state index contributed by atoms with van der Waals surface area (Å²) in [5.41, 5.74) is 9.34. The number of pyridine rings is 1. The molecule has 0 spiro atoms. The molecule has 4 heterocycles. The van der Waals surface area contributed by atoms with Crippen LogP contribution in [0.5, 0.6) is 0 Å². The summed E-state index contributed by atoms with van der Waals surface area (Å²) in [5, 5.41) is 2.43. The molecule has 2 aromatic carbocycles. The number of rotatable bonds is 9. The summed E-state index contributed by atoms with van der Waals surface area (Å²) in [7, 11) is 1.57. The maximum Gasteiger partial charge on any atom is 0.416 e. The molecule has 2 amide bonds. The van der Waals surface area contributed by atoms with Gasteiger partial charge in [-0.05, 0) is 48.7 Å². The van der Waals surface area contributed by atoms with E-state index >= 15 is 0 Å². The van der Waals surface area contributed by atoms with Gasteiger partial charge in [0.15, 0.2) is 0 Å². The van der Waals surface area contributed by atoms with Crippen LogP contribution in [0.1, 0.15) is 58.2 Å². The average Bonchev–Trinajstić information content (AvgIpc) is 3.52. The molecule has 0 unspecified atom stereocenters. The minimum Gasteiger partial charge on any atom is -0.384 e. The van der Waals surface area contributed by atoms with Crippen LogP contribution in [0.4, 0.5) is 24.8 Å². The third-order valence-corrected chi connectivity index (χ3v) is 8.39. The molecule has 13 heteroatoms. The topological polar surface area (TPSA) is 128 Å². The van der Waals surface area contributed by atoms with Gasteiger partial charge in [0.05, 0.1) is 30.5 Å². The Bertz CT molecular complexity index is 1990. The van der Waals surface area contributed by atoms with Gasteiger partial charge < -0.3 is 20.7 Å². The molecule has 1 aliphatic rings. The number of amides is 2. The number of aromatic nitrogens is 4. The fourth-order valence-electron chi connectivity index (χ4n) is 5.93. The minimum atomic E-state index is -4.57. The quantitative estimate of drug-likeness (QED) is 0.182. The molecular weight excluding hydrogens is 635 g/mol. The average molecular weight is 670 g/mol. The van der Waals surface area contributed by atoms with E-state index in [4.69, 9.17) is 15.5 Å². The van der Waals surface area contributed by atoms with E-state index in [0.717, 1.165) is 48.3 Å². The van der Waals surface area contributed by atoms with Crippen molar-refractivity contribution in [1.29, 1.82) is 0 Å². The Labute approximate surface area is 280 Å². The summed E-state index contributed by atoms with van der Waals surface area (Å²) >= 11 is 0. The second kappa shape index (κ2) is 14.3. The SMILES string of the molecule is COCCC(=O)N1CCC[C@@H](c2nc(-c3ccc(C(=O)Nc4cc(C(F)(F)F)ccn4)cc3)c3c(N)ncc(C=Cc4ccccc4)n23)C1. The van der Waals surface area contributed by atoms with E-state index in [9.17, 15) is 22.8 Å². The van der Waals surface area contributed by atoms with Crippen molar-refractivity contribution in [3.05, 3.63) is 107 Å². The predicted molar refractivity (Wildman–Crippen MR) is 180 cm³/mol. The van der Waals surface area contributed by atoms with Crippen molar-refractivity contribution in [2.24, 2.45) is 0 Å². The largest absolute Gasteiger partial charge is 0.416 e. The molecule has 1 fully saturated rings. The van der Waals surface area contributed by atoms with Crippen LogP contribution < -0.4 is 11.1 Å². The molecule has 3 aromatic heterocycles. The summed E-state index contributed by atoms with van der Waals surface area (Å²) in [6.07, 6.45) is 3.94. The first-order chi connectivity index (χ1) is 23.6. The van der Waals surface area contributed by atoms with Gasteiger partial charge in [0, 0.05) is 43.4 Å². The predicted octanol–water partition coefficient (Wildman–Crippen LogP) is 6.56. The summed E-state index contributed by atoms with van der Waals surface area (Å²) < 4.78 is 46.6. The van der Waals surface area contributed by atoms with Crippen molar-refractivity contribution in [3.8, 4) is 11.3 Å². The van der Waals surface area contributed by atoms with Crippen LogP contribution in [0.2, 0.25) is 0 Å². The van der Waals surface area contributed by atoms with Gasteiger partial charge in [0.25, 0.3) is 5.91 Å². The Morgan fingerprint density at radius 1 is 1.06 bits per heavy atom. The fourth-order valence-corrected chi connectivity index (χ4v) is 5.93. The molecule has 1 aliphatic heterocycles. The molecule has 6 rings (SSSR count). The Hall–Kier alpha value is -5.56. The number of nitrogens with two attached hydrogens (primary N) is 1. The fraction of sp³-hybridized carbons (Fsp3) is 0.250. The molecule has 1 saturated heterocycles. The number of carbonyl (C=O) groups is 2. The van der Waals surface area contributed by atoms with E-state index in [-0.39, 0.29) is 29.0 Å². The number of nitrogens with zero attached hydrogens (tertiary/aromatic N) is 5. The van der Waals surface area contributed by atoms with Gasteiger partial charge in [-0.1, -0.05) is 48.5 Å². The number of hydrogen-bond acceptors (Lipinski definition) is 7. The van der Waals surface area contributed by atoms with Crippen molar-refractivity contribution in [2.75, 3.05) is 37.9 Å². The van der Waals surface area contributed by atoms with Gasteiger partial charge >= 0.3 is 6.18 Å². The number of nitrogen functional groups attached to an aromatic ring is 1. The highest BCUT2D eigenvalue weighted by Gasteiger charge is 2.32. The van der Waals surface area contributed by atoms with Gasteiger partial charge in [-0.2, -0.15) is 13.2 Å². The van der Waals surface area contributed by atoms with Crippen LogP contribution in [-0.4, -0.2) is 62.9 Å². The Morgan fingerprint density at radius 2 is 1.84 bits per heavy atom. The molecule has 252 valence electrons. The van der Waals surface area contributed by atoms with Crippen molar-refractivity contribution in [3.63, 3.8) is 0 Å². The molecule has 0 radical (unpaired) electrons. The van der Waals surface area contributed by atoms with E-state index in [1.165, 1.54) is 0 Å². The monoisotopic (exact) mass is 669 g/mol. The number of halogens is 3. The van der Waals surface area contributed by atoms with Crippen LogP contribution in [0, 0.1) is 0 Å². The smallest absolute Gasteiger partial charge is 0.384 e. The summed E-state index contributed by atoms with van der Waals surface area (Å²) in [5.74, 6) is 0.0688. The number of hydrogen-bond donors (Lipinski definition) is 2. The first kappa shape index (κ1) is 33.3. The zero-order valence-electron chi connectivity index (χ0n) is 26.7. The lowest BCUT2D eigenvalue weighted by molar-refractivity contribution is -0.137. The number of benzene rings is 2. The highest BCUT2D eigenvalue weighted by atomic mass is 19.4. The van der Waals surface area contributed by atoms with Crippen LogP contribution in [0.15, 0.2) is 79.1 Å². The zero-order chi connectivity index (χ0) is 34.5. The third-order valence-electron chi connectivity index (χ3n) is 8.39. The van der Waals surface area contributed by atoms with Gasteiger partial charge in [0.1, 0.15) is 28.7 Å². The van der Waals surface area contributed by atoms with Gasteiger partial charge in [-0.25, -0.2) is 15.0 Å². The number of alkyl halides is 3. The number of nitrogens with one attached hydrogen (secondary N) is 1. The number of fused-ring (bicyclic) bond motifs is 1. The molecule has 3 N–H and O–H groups in total. The number of carbonyl (C=O) groups excluding carboxylic acids is 2. The van der Waals surface area contributed by atoms with Crippen LogP contribution in [-0.2, 0) is 15.7 Å². The van der Waals surface area contributed by atoms with Gasteiger partial charge in [-0.3, -0.25) is 14.0 Å². The second-order valence-corrected chi connectivity index (χ2v) is 11.7. The van der Waals surface area contributed by atoms with Crippen molar-refractivity contribution < 1.29 is 27.5 Å². The summed E-state index contributed by atoms with van der Waals surface area (Å²) in [4.78, 5) is 41.2. The maximum absolute atomic E-state index is 13.2. The first-order valence-corrected chi connectivity index (χ1v) is 15.7. The van der Waals surface area contributed by atoms with Crippen molar-refractivity contribution >= 4 is 41.1 Å². The molecule has 5 aromatic rings. The van der Waals surface area contributed by atoms with E-state index in [0.29, 0.717) is 42.9 Å². The van der Waals surface area contributed by atoms with E-state index < -0.39 is 17.6 Å². The number of piperidine rings is 1. The molecular formula is C36H34F3N7O3. The molecule has 0 aliphatic carbocycles. The lowest BCUT2D eigenvalue weighted by Gasteiger charge is -2.32. The normalized spacial score (nSPS) is 15.2. The highest BCUT2D eigenvalue weighted by Crippen LogP contribution is 2.36. The van der Waals surface area contributed by atoms with Crippen LogP contribution >= 0.6 is 0 Å². The first-order valence-electron chi connectivity index (χ1n) is 15.7. The Balaban J connectivity index is 1.37. The second-order valence-electron chi connectivity index (χ2n) is 11.7. The maximum atomic E-state index is 13.2. The van der Waals surface area contributed by atoms with Crippen LogP contribution in [0.3, 0.4) is 0 Å². The summed E-state index contributed by atoms with van der Waals surface area (Å²) in [6, 6.07) is 18.0. The number of likely N-dealkylation sites (tertiary alicyclic amines) is 1. The standard InChI is InChI=1S/C36H34F3N7O3/c1-49-19-16-30(47)45-18-5-8-26(22-45)34-44-31(32-33(40)42-21-28(46(32)34)14-9-23-6-3-2-4-7-23)24-10-12-25(13-11-24)35(48)43-29-20-27(15-17-41-29)36(37,38)39/h2-4,6-7,9-15,17,20-21,26H,5,8,16,18-19,22H2,1H3,(H2,40,42)(H,41,43,48)/t26-/m1/s1. The van der Waals surface area contributed by atoms with Gasteiger partial charge in [-0.15, -0.1) is 0 Å². The van der Waals surface area contributed by atoms with Crippen molar-refractivity contribution in [2.45, 2.75) is 31.4 Å². The Morgan fingerprint density at radius 3 is 2.57 bits per heavy atom. The van der Waals surface area contributed by atoms with E-state index in [2.05, 4.69) is 15.3 Å². The molecule has 49 heavy (non-hydrogen) atoms. The third kappa shape index (κ3) is 7.46. The number of ether oxygens (including phenoxy) is 1. The minimum absolute atomic E-state index is 0.0206. The lowest BCUT2D eigenvalue weighted by Crippen LogP contribution is -2.40. The molecule has 1 atom stereocenters. The number of imidazole rings is 1. The number of methoxy groups -OCH3 is 1. The van der Waals surface area contributed by atoms with Gasteiger partial charge in [0.2, 0.25) is 5.91 Å². The Kier molecular flexibility index (Phi) is 9.72. The lowest BCUT2D eigenvalue weighted by atomic mass is 9.96. The number of anilines is 2. The molecule has 0 bridgehead atoms.